The Morgan fingerprint density at radius 3 is 1.53 bits per heavy atom. The van der Waals surface area contributed by atoms with Gasteiger partial charge in [-0.05, 0) is 24.3 Å². The Bertz CT molecular complexity index is 451. The van der Waals surface area contributed by atoms with Crippen LogP contribution in [0.2, 0.25) is 0 Å². The summed E-state index contributed by atoms with van der Waals surface area (Å²) >= 11 is 11.6. The van der Waals surface area contributed by atoms with Crippen LogP contribution >= 0.6 is 31.1 Å². The van der Waals surface area contributed by atoms with E-state index in [1.807, 2.05) is 42.2 Å². The summed E-state index contributed by atoms with van der Waals surface area (Å²) < 4.78 is 0.323. The molecule has 0 bridgehead atoms. The van der Waals surface area contributed by atoms with Crippen LogP contribution in [0.25, 0.3) is 0 Å². The number of halogens is 2. The van der Waals surface area contributed by atoms with Crippen molar-refractivity contribution >= 4 is 41.7 Å². The van der Waals surface area contributed by atoms with E-state index in [-0.39, 0.29) is 0 Å². The van der Waals surface area contributed by atoms with Crippen molar-refractivity contribution in [3.8, 4) is 0 Å². The Morgan fingerprint density at radius 1 is 0.765 bits per heavy atom. The van der Waals surface area contributed by atoms with Crippen molar-refractivity contribution in [3.05, 3.63) is 71.0 Å². The quantitative estimate of drug-likeness (QED) is 0.732. The summed E-state index contributed by atoms with van der Waals surface area (Å²) in [5, 5.41) is 2.49. The predicted octanol–water partition coefficient (Wildman–Crippen LogP) is 4.40. The van der Waals surface area contributed by atoms with E-state index < -0.39 is 7.92 Å². The first kappa shape index (κ1) is 12.6. The van der Waals surface area contributed by atoms with Crippen LogP contribution < -0.4 is 10.6 Å². The minimum absolute atomic E-state index is 0.323. The fourth-order valence-corrected chi connectivity index (χ4v) is 3.94. The fraction of sp³-hybridized carbons (Fsp3) is 0. The van der Waals surface area contributed by atoms with Gasteiger partial charge in [-0.1, -0.05) is 83.9 Å². The van der Waals surface area contributed by atoms with E-state index >= 15 is 0 Å². The van der Waals surface area contributed by atoms with Gasteiger partial charge in [-0.25, -0.2) is 0 Å². The molecule has 0 spiro atoms. The van der Waals surface area contributed by atoms with Crippen molar-refractivity contribution in [2.75, 3.05) is 0 Å². The maximum Gasteiger partial charge on any atom is 0.107 e. The third-order valence-corrected chi connectivity index (χ3v) is 5.04. The summed E-state index contributed by atoms with van der Waals surface area (Å²) in [7, 11) is -0.616. The molecule has 0 fully saturated rings. The van der Waals surface area contributed by atoms with Gasteiger partial charge >= 0.3 is 0 Å². The van der Waals surface area contributed by atoms with Crippen LogP contribution in [0, 0.1) is 0 Å². The number of hydrogen-bond acceptors (Lipinski definition) is 0. The second kappa shape index (κ2) is 6.21. The molecular weight excluding hydrogens is 270 g/mol. The van der Waals surface area contributed by atoms with Gasteiger partial charge in [0.2, 0.25) is 0 Å². The molecule has 3 heteroatoms. The molecule has 0 radical (unpaired) electrons. The molecule has 0 amide bonds. The lowest BCUT2D eigenvalue weighted by Crippen LogP contribution is -2.09. The molecule has 0 saturated heterocycles. The topological polar surface area (TPSA) is 0 Å². The summed E-state index contributed by atoms with van der Waals surface area (Å²) in [5.74, 6) is 1.92. The Morgan fingerprint density at radius 2 is 1.18 bits per heavy atom. The van der Waals surface area contributed by atoms with Gasteiger partial charge in [0, 0.05) is 0 Å². The summed E-state index contributed by atoms with van der Waals surface area (Å²) in [5.41, 5.74) is 0. The summed E-state index contributed by atoms with van der Waals surface area (Å²) in [6, 6.07) is 20.6. The van der Waals surface area contributed by atoms with Crippen molar-refractivity contribution in [1.82, 2.24) is 0 Å². The highest BCUT2D eigenvalue weighted by molar-refractivity contribution is 7.75. The van der Waals surface area contributed by atoms with Crippen LogP contribution in [0.1, 0.15) is 0 Å². The van der Waals surface area contributed by atoms with Crippen molar-refractivity contribution in [3.63, 3.8) is 0 Å². The molecule has 2 rings (SSSR count). The van der Waals surface area contributed by atoms with Crippen molar-refractivity contribution < 1.29 is 0 Å². The van der Waals surface area contributed by atoms with E-state index in [0.29, 0.717) is 4.49 Å². The van der Waals surface area contributed by atoms with Gasteiger partial charge < -0.3 is 0 Å². The SMILES string of the molecule is ClC(Cl)=CP(c1ccccc1)c1ccccc1. The van der Waals surface area contributed by atoms with Gasteiger partial charge in [0.15, 0.2) is 0 Å². The van der Waals surface area contributed by atoms with Crippen LogP contribution in [0.5, 0.6) is 0 Å². The first-order valence-corrected chi connectivity index (χ1v) is 7.36. The molecule has 17 heavy (non-hydrogen) atoms. The molecule has 2 aromatic rings. The molecule has 0 aliphatic carbocycles. The van der Waals surface area contributed by atoms with E-state index in [0.717, 1.165) is 0 Å². The van der Waals surface area contributed by atoms with E-state index in [9.17, 15) is 0 Å². The minimum atomic E-state index is -0.616. The van der Waals surface area contributed by atoms with E-state index in [1.54, 1.807) is 0 Å². The zero-order valence-corrected chi connectivity index (χ0v) is 11.5. The highest BCUT2D eigenvalue weighted by atomic mass is 35.5. The highest BCUT2D eigenvalue weighted by Crippen LogP contribution is 2.37. The summed E-state index contributed by atoms with van der Waals surface area (Å²) in [6.07, 6.45) is 0. The van der Waals surface area contributed by atoms with Crippen LogP contribution in [0.3, 0.4) is 0 Å². The Balaban J connectivity index is 2.43. The van der Waals surface area contributed by atoms with Gasteiger partial charge in [0.1, 0.15) is 4.49 Å². The lowest BCUT2D eigenvalue weighted by atomic mass is 10.4. The van der Waals surface area contributed by atoms with Crippen molar-refractivity contribution in [1.29, 1.82) is 0 Å². The monoisotopic (exact) mass is 280 g/mol. The Labute approximate surface area is 113 Å². The molecule has 0 saturated carbocycles. The molecule has 2 aromatic carbocycles. The van der Waals surface area contributed by atoms with Gasteiger partial charge in [0.05, 0.1) is 0 Å². The maximum absolute atomic E-state index is 5.82. The van der Waals surface area contributed by atoms with Crippen LogP contribution in [-0.4, -0.2) is 0 Å². The average molecular weight is 281 g/mol. The summed E-state index contributed by atoms with van der Waals surface area (Å²) in [6.45, 7) is 0. The fourth-order valence-electron chi connectivity index (χ4n) is 1.57. The van der Waals surface area contributed by atoms with Gasteiger partial charge in [-0.2, -0.15) is 0 Å². The molecule has 0 nitrogen and oxygen atoms in total. The summed E-state index contributed by atoms with van der Waals surface area (Å²) in [4.78, 5) is 0. The third-order valence-electron chi connectivity index (χ3n) is 2.30. The first-order valence-electron chi connectivity index (χ1n) is 5.19. The lowest BCUT2D eigenvalue weighted by Gasteiger charge is -2.14. The molecule has 86 valence electrons. The van der Waals surface area contributed by atoms with E-state index in [2.05, 4.69) is 24.3 Å². The highest BCUT2D eigenvalue weighted by Gasteiger charge is 2.10. The van der Waals surface area contributed by atoms with Crippen LogP contribution in [0.15, 0.2) is 71.0 Å². The zero-order chi connectivity index (χ0) is 12.1. The molecule has 0 unspecified atom stereocenters. The van der Waals surface area contributed by atoms with Crippen molar-refractivity contribution in [2.45, 2.75) is 0 Å². The predicted molar refractivity (Wildman–Crippen MR) is 78.9 cm³/mol. The second-order valence-corrected chi connectivity index (χ2v) is 6.50. The van der Waals surface area contributed by atoms with Crippen LogP contribution in [0.4, 0.5) is 0 Å². The molecule has 0 atom stereocenters. The smallest absolute Gasteiger partial charge is 0.0708 e. The average Bonchev–Trinajstić information content (AvgIpc) is 2.38. The molecule has 0 heterocycles. The van der Waals surface area contributed by atoms with E-state index in [1.165, 1.54) is 10.6 Å². The zero-order valence-electron chi connectivity index (χ0n) is 9.05. The normalized spacial score (nSPS) is 10.3. The minimum Gasteiger partial charge on any atom is -0.0708 e. The molecule has 0 N–H and O–H groups in total. The number of rotatable bonds is 3. The van der Waals surface area contributed by atoms with Crippen molar-refractivity contribution in [2.24, 2.45) is 0 Å². The number of hydrogen-bond donors (Lipinski definition) is 0. The third kappa shape index (κ3) is 3.57. The Kier molecular flexibility index (Phi) is 4.62. The Hall–Kier alpha value is -0.810. The van der Waals surface area contributed by atoms with Gasteiger partial charge in [0.25, 0.3) is 0 Å². The number of benzene rings is 2. The first-order chi connectivity index (χ1) is 8.27. The lowest BCUT2D eigenvalue weighted by molar-refractivity contribution is 1.75. The molecule has 0 aliphatic heterocycles. The molecule has 0 aromatic heterocycles. The van der Waals surface area contributed by atoms with Gasteiger partial charge in [-0.15, -0.1) is 0 Å². The second-order valence-electron chi connectivity index (χ2n) is 3.46. The molecular formula is C14H11Cl2P. The molecule has 0 aliphatic rings. The van der Waals surface area contributed by atoms with Gasteiger partial charge in [-0.3, -0.25) is 0 Å². The standard InChI is InChI=1S/C14H11Cl2P/c15-14(16)11-17(12-7-3-1-4-8-12)13-9-5-2-6-10-13/h1-11H. The largest absolute Gasteiger partial charge is 0.107 e. The van der Waals surface area contributed by atoms with E-state index in [4.69, 9.17) is 23.2 Å². The van der Waals surface area contributed by atoms with Crippen LogP contribution in [-0.2, 0) is 0 Å². The maximum atomic E-state index is 5.82.